The molecular weight excluding hydrogens is 520 g/mol. The Bertz CT molecular complexity index is 1250. The van der Waals surface area contributed by atoms with E-state index >= 15 is 0 Å². The Balaban J connectivity index is 1.73. The SMILES string of the molecule is NC(=O)C(CCCF)C(CCC(F)(F)F)C(=O)NC1N=C(c2ccccc2)c2cccc3c2N(CCO3)C1=O. The number of carbonyl (C=O) groups is 3. The fraction of sp³-hybridized carbons (Fsp3) is 0.407. The summed E-state index contributed by atoms with van der Waals surface area (Å²) in [6.07, 6.45) is -8.60. The Labute approximate surface area is 222 Å². The van der Waals surface area contributed by atoms with E-state index in [2.05, 4.69) is 10.3 Å². The van der Waals surface area contributed by atoms with Gasteiger partial charge in [-0.25, -0.2) is 4.99 Å². The largest absolute Gasteiger partial charge is 0.490 e. The molecule has 3 amide bonds. The zero-order valence-electron chi connectivity index (χ0n) is 20.9. The predicted molar refractivity (Wildman–Crippen MR) is 135 cm³/mol. The second-order valence-corrected chi connectivity index (χ2v) is 9.35. The number of anilines is 1. The van der Waals surface area contributed by atoms with Crippen LogP contribution in [0.4, 0.5) is 23.2 Å². The van der Waals surface area contributed by atoms with Crippen molar-refractivity contribution in [2.75, 3.05) is 24.7 Å². The number of carbonyl (C=O) groups excluding carboxylic acids is 3. The van der Waals surface area contributed by atoms with Crippen molar-refractivity contribution in [3.8, 4) is 5.75 Å². The third-order valence-electron chi connectivity index (χ3n) is 6.76. The van der Waals surface area contributed by atoms with E-state index in [9.17, 15) is 31.9 Å². The lowest BCUT2D eigenvalue weighted by Crippen LogP contribution is -2.52. The molecule has 2 aromatic carbocycles. The number of hydrogen-bond acceptors (Lipinski definition) is 5. The maximum Gasteiger partial charge on any atom is 0.389 e. The number of nitrogens with zero attached hydrogens (tertiary/aromatic N) is 2. The summed E-state index contributed by atoms with van der Waals surface area (Å²) >= 11 is 0. The molecule has 8 nitrogen and oxygen atoms in total. The molecule has 0 spiro atoms. The van der Waals surface area contributed by atoms with Gasteiger partial charge in [-0.3, -0.25) is 18.8 Å². The molecule has 0 bridgehead atoms. The minimum Gasteiger partial charge on any atom is -0.490 e. The molecule has 0 saturated heterocycles. The van der Waals surface area contributed by atoms with Crippen molar-refractivity contribution >= 4 is 29.1 Å². The minimum atomic E-state index is -4.61. The van der Waals surface area contributed by atoms with Crippen LogP contribution < -0.4 is 20.7 Å². The monoisotopic (exact) mass is 548 g/mol. The molecule has 0 aromatic heterocycles. The molecule has 0 saturated carbocycles. The number of nitrogens with two attached hydrogens (primary N) is 1. The quantitative estimate of drug-likeness (QED) is 0.443. The smallest absolute Gasteiger partial charge is 0.389 e. The highest BCUT2D eigenvalue weighted by molar-refractivity contribution is 6.21. The molecular formula is C27H28F4N4O4. The first kappa shape index (κ1) is 28.1. The third kappa shape index (κ3) is 6.37. The van der Waals surface area contributed by atoms with Gasteiger partial charge in [0.2, 0.25) is 18.0 Å². The molecule has 2 aliphatic heterocycles. The summed E-state index contributed by atoms with van der Waals surface area (Å²) in [6.45, 7) is -0.490. The van der Waals surface area contributed by atoms with Crippen LogP contribution in [-0.4, -0.2) is 55.6 Å². The second kappa shape index (κ2) is 11.8. The van der Waals surface area contributed by atoms with Gasteiger partial charge in [0.1, 0.15) is 12.4 Å². The first-order valence-electron chi connectivity index (χ1n) is 12.5. The fourth-order valence-electron chi connectivity index (χ4n) is 4.92. The van der Waals surface area contributed by atoms with Crippen molar-refractivity contribution in [2.24, 2.45) is 22.6 Å². The first-order chi connectivity index (χ1) is 18.6. The van der Waals surface area contributed by atoms with Gasteiger partial charge in [-0.2, -0.15) is 13.2 Å². The van der Waals surface area contributed by atoms with Gasteiger partial charge < -0.3 is 20.7 Å². The number of benzene rings is 2. The van der Waals surface area contributed by atoms with Gasteiger partial charge in [0.25, 0.3) is 5.91 Å². The van der Waals surface area contributed by atoms with Crippen molar-refractivity contribution in [2.45, 2.75) is 38.0 Å². The van der Waals surface area contributed by atoms with E-state index in [1.165, 1.54) is 4.90 Å². The summed E-state index contributed by atoms with van der Waals surface area (Å²) in [6, 6.07) is 14.1. The molecule has 0 fully saturated rings. The molecule has 0 aliphatic carbocycles. The lowest BCUT2D eigenvalue weighted by atomic mass is 9.83. The van der Waals surface area contributed by atoms with Crippen molar-refractivity contribution in [3.63, 3.8) is 0 Å². The summed E-state index contributed by atoms with van der Waals surface area (Å²) in [7, 11) is 0. The number of hydrogen-bond donors (Lipinski definition) is 2. The van der Waals surface area contributed by atoms with E-state index < -0.39 is 61.4 Å². The average molecular weight is 549 g/mol. The molecule has 2 heterocycles. The lowest BCUT2D eigenvalue weighted by Gasteiger charge is -2.31. The Kier molecular flexibility index (Phi) is 8.51. The molecule has 2 aliphatic rings. The molecule has 3 atom stereocenters. The standard InChI is InChI=1S/C27H28F4N4O4/c28-13-5-9-17(23(32)36)18(11-12-27(29,30)31)25(37)34-24-26(38)35-14-15-39-20-10-4-8-19(22(20)35)21(33-24)16-6-2-1-3-7-16/h1-4,6-8,10,17-18,24H,5,9,11-15H2,(H2,32,36)(H,34,37). The lowest BCUT2D eigenvalue weighted by molar-refractivity contribution is -0.146. The van der Waals surface area contributed by atoms with Gasteiger partial charge in [0.05, 0.1) is 24.6 Å². The Morgan fingerprint density at radius 1 is 1.10 bits per heavy atom. The van der Waals surface area contributed by atoms with Gasteiger partial charge in [0.15, 0.2) is 0 Å². The van der Waals surface area contributed by atoms with E-state index in [0.717, 1.165) is 0 Å². The number of para-hydroxylation sites is 1. The van der Waals surface area contributed by atoms with E-state index in [0.29, 0.717) is 28.3 Å². The van der Waals surface area contributed by atoms with Crippen molar-refractivity contribution in [3.05, 3.63) is 59.7 Å². The maximum atomic E-state index is 13.7. The van der Waals surface area contributed by atoms with Gasteiger partial charge in [0, 0.05) is 29.4 Å². The molecule has 3 N–H and O–H groups in total. The number of primary amides is 1. The number of aliphatic imine (C=N–C) groups is 1. The van der Waals surface area contributed by atoms with Crippen LogP contribution in [0, 0.1) is 11.8 Å². The van der Waals surface area contributed by atoms with Crippen LogP contribution in [0.5, 0.6) is 5.75 Å². The maximum absolute atomic E-state index is 13.7. The van der Waals surface area contributed by atoms with Gasteiger partial charge in [-0.15, -0.1) is 0 Å². The zero-order chi connectivity index (χ0) is 28.2. The van der Waals surface area contributed by atoms with E-state index in [1.54, 1.807) is 48.5 Å². The Hall–Kier alpha value is -3.96. The number of amides is 3. The molecule has 0 radical (unpaired) electrons. The molecule has 12 heteroatoms. The van der Waals surface area contributed by atoms with Crippen LogP contribution in [0.25, 0.3) is 0 Å². The fourth-order valence-corrected chi connectivity index (χ4v) is 4.92. The second-order valence-electron chi connectivity index (χ2n) is 9.35. The predicted octanol–water partition coefficient (Wildman–Crippen LogP) is 3.52. The first-order valence-corrected chi connectivity index (χ1v) is 12.5. The summed E-state index contributed by atoms with van der Waals surface area (Å²) in [5, 5.41) is 2.47. The van der Waals surface area contributed by atoms with Crippen LogP contribution in [0.1, 0.15) is 36.8 Å². The van der Waals surface area contributed by atoms with Gasteiger partial charge >= 0.3 is 6.18 Å². The average Bonchev–Trinajstić information content (AvgIpc) is 3.02. The third-order valence-corrected chi connectivity index (χ3v) is 6.76. The zero-order valence-corrected chi connectivity index (χ0v) is 20.9. The molecule has 208 valence electrons. The molecule has 4 rings (SSSR count). The number of halogens is 4. The van der Waals surface area contributed by atoms with Crippen LogP contribution in [0.3, 0.4) is 0 Å². The number of nitrogens with one attached hydrogen (secondary N) is 1. The van der Waals surface area contributed by atoms with E-state index in [4.69, 9.17) is 10.5 Å². The van der Waals surface area contributed by atoms with Crippen LogP contribution in [0.15, 0.2) is 53.5 Å². The molecule has 39 heavy (non-hydrogen) atoms. The number of alkyl halides is 4. The van der Waals surface area contributed by atoms with E-state index in [1.807, 2.05) is 0 Å². The summed E-state index contributed by atoms with van der Waals surface area (Å²) < 4.78 is 57.9. The topological polar surface area (TPSA) is 114 Å². The number of ether oxygens (including phenoxy) is 1. The summed E-state index contributed by atoms with van der Waals surface area (Å²) in [5.41, 5.74) is 7.48. The van der Waals surface area contributed by atoms with Crippen LogP contribution in [-0.2, 0) is 14.4 Å². The molecule has 2 aromatic rings. The summed E-state index contributed by atoms with van der Waals surface area (Å²) in [4.78, 5) is 45.3. The Morgan fingerprint density at radius 3 is 2.51 bits per heavy atom. The van der Waals surface area contributed by atoms with E-state index in [-0.39, 0.29) is 26.0 Å². The highest BCUT2D eigenvalue weighted by Crippen LogP contribution is 2.39. The van der Waals surface area contributed by atoms with Crippen LogP contribution in [0.2, 0.25) is 0 Å². The number of rotatable bonds is 10. The van der Waals surface area contributed by atoms with Gasteiger partial charge in [-0.1, -0.05) is 42.5 Å². The molecule has 3 unspecified atom stereocenters. The highest BCUT2D eigenvalue weighted by atomic mass is 19.4. The summed E-state index contributed by atoms with van der Waals surface area (Å²) in [5.74, 6) is -5.06. The van der Waals surface area contributed by atoms with Crippen molar-refractivity contribution < 1.29 is 36.7 Å². The minimum absolute atomic E-state index is 0.157. The van der Waals surface area contributed by atoms with Gasteiger partial charge in [-0.05, 0) is 25.3 Å². The normalized spacial score (nSPS) is 18.3. The van der Waals surface area contributed by atoms with Crippen molar-refractivity contribution in [1.82, 2.24) is 5.32 Å². The van der Waals surface area contributed by atoms with Crippen LogP contribution >= 0.6 is 0 Å². The Morgan fingerprint density at radius 2 is 1.85 bits per heavy atom. The van der Waals surface area contributed by atoms with Crippen molar-refractivity contribution in [1.29, 1.82) is 0 Å². The highest BCUT2D eigenvalue weighted by Gasteiger charge is 2.40.